The summed E-state index contributed by atoms with van der Waals surface area (Å²) in [6.07, 6.45) is 4.04. The fourth-order valence-corrected chi connectivity index (χ4v) is 1.98. The average molecular weight is 287 g/mol. The molecule has 1 aromatic carbocycles. The van der Waals surface area contributed by atoms with Crippen molar-refractivity contribution < 1.29 is 8.81 Å². The van der Waals surface area contributed by atoms with Crippen molar-refractivity contribution in [3.63, 3.8) is 0 Å². The molecule has 3 rings (SSSR count). The van der Waals surface area contributed by atoms with Gasteiger partial charge < -0.3 is 10.2 Å². The van der Waals surface area contributed by atoms with Gasteiger partial charge in [-0.15, -0.1) is 5.10 Å². The number of aromatic nitrogens is 4. The van der Waals surface area contributed by atoms with E-state index in [1.54, 1.807) is 16.8 Å². The molecule has 6 nitrogen and oxygen atoms in total. The van der Waals surface area contributed by atoms with E-state index in [4.69, 9.17) is 10.2 Å². The van der Waals surface area contributed by atoms with Crippen LogP contribution >= 0.6 is 0 Å². The molecule has 0 saturated heterocycles. The summed E-state index contributed by atoms with van der Waals surface area (Å²) in [7, 11) is 0. The zero-order valence-corrected chi connectivity index (χ0v) is 11.2. The molecule has 0 unspecified atom stereocenters. The lowest BCUT2D eigenvalue weighted by Crippen LogP contribution is -2.03. The molecule has 2 heterocycles. The smallest absolute Gasteiger partial charge is 0.226 e. The van der Waals surface area contributed by atoms with Crippen molar-refractivity contribution in [1.29, 1.82) is 0 Å². The van der Waals surface area contributed by atoms with E-state index in [0.29, 0.717) is 36.7 Å². The molecule has 0 radical (unpaired) electrons. The van der Waals surface area contributed by atoms with Gasteiger partial charge in [0.2, 0.25) is 5.89 Å². The maximum absolute atomic E-state index is 13.2. The average Bonchev–Trinajstić information content (AvgIpc) is 3.10. The Labute approximate surface area is 120 Å². The first-order chi connectivity index (χ1) is 10.2. The first-order valence-electron chi connectivity index (χ1n) is 6.54. The third-order valence-corrected chi connectivity index (χ3v) is 2.93. The fraction of sp³-hybridized carbons (Fsp3) is 0.214. The van der Waals surface area contributed by atoms with Crippen LogP contribution in [-0.2, 0) is 13.0 Å². The van der Waals surface area contributed by atoms with Gasteiger partial charge in [-0.25, -0.2) is 14.1 Å². The second-order valence-electron chi connectivity index (χ2n) is 4.60. The van der Waals surface area contributed by atoms with Gasteiger partial charge in [0.15, 0.2) is 0 Å². The van der Waals surface area contributed by atoms with E-state index in [0.717, 1.165) is 5.69 Å². The Morgan fingerprint density at radius 2 is 2.19 bits per heavy atom. The predicted octanol–water partition coefficient (Wildman–Crippen LogP) is 1.62. The largest absolute Gasteiger partial charge is 0.444 e. The molecule has 0 aliphatic rings. The van der Waals surface area contributed by atoms with Crippen molar-refractivity contribution in [2.24, 2.45) is 5.73 Å². The normalized spacial score (nSPS) is 11.0. The molecule has 3 aromatic rings. The van der Waals surface area contributed by atoms with Crippen LogP contribution in [-0.4, -0.2) is 26.5 Å². The Balaban J connectivity index is 1.75. The van der Waals surface area contributed by atoms with Crippen LogP contribution in [0.2, 0.25) is 0 Å². The minimum Gasteiger partial charge on any atom is -0.444 e. The molecule has 0 spiro atoms. The fourth-order valence-electron chi connectivity index (χ4n) is 1.98. The molecule has 0 atom stereocenters. The van der Waals surface area contributed by atoms with E-state index in [1.807, 2.05) is 6.20 Å². The van der Waals surface area contributed by atoms with Gasteiger partial charge in [-0.3, -0.25) is 0 Å². The van der Waals surface area contributed by atoms with Crippen molar-refractivity contribution in [2.75, 3.05) is 6.54 Å². The number of nitrogens with zero attached hydrogens (tertiary/aromatic N) is 4. The lowest BCUT2D eigenvalue weighted by atomic mass is 10.2. The van der Waals surface area contributed by atoms with Crippen LogP contribution in [0.15, 0.2) is 41.1 Å². The number of benzene rings is 1. The Morgan fingerprint density at radius 3 is 3.00 bits per heavy atom. The van der Waals surface area contributed by atoms with Gasteiger partial charge in [0.1, 0.15) is 17.8 Å². The number of rotatable bonds is 5. The predicted molar refractivity (Wildman–Crippen MR) is 73.8 cm³/mol. The molecule has 0 aliphatic heterocycles. The van der Waals surface area contributed by atoms with Gasteiger partial charge in [0, 0.05) is 18.2 Å². The van der Waals surface area contributed by atoms with E-state index in [2.05, 4.69) is 15.3 Å². The van der Waals surface area contributed by atoms with Crippen LogP contribution < -0.4 is 5.73 Å². The summed E-state index contributed by atoms with van der Waals surface area (Å²) in [5.74, 6) is 0.0572. The van der Waals surface area contributed by atoms with E-state index in [1.165, 1.54) is 18.4 Å². The minimum atomic E-state index is -0.324. The lowest BCUT2D eigenvalue weighted by molar-refractivity contribution is 0.566. The zero-order chi connectivity index (χ0) is 14.7. The highest BCUT2D eigenvalue weighted by Gasteiger charge is 2.09. The van der Waals surface area contributed by atoms with Gasteiger partial charge in [-0.05, 0) is 24.7 Å². The summed E-state index contributed by atoms with van der Waals surface area (Å²) in [4.78, 5) is 4.33. The second-order valence-corrected chi connectivity index (χ2v) is 4.60. The highest BCUT2D eigenvalue weighted by Crippen LogP contribution is 2.19. The molecular weight excluding hydrogens is 273 g/mol. The summed E-state index contributed by atoms with van der Waals surface area (Å²) in [5, 5.41) is 8.00. The van der Waals surface area contributed by atoms with E-state index >= 15 is 0 Å². The molecule has 21 heavy (non-hydrogen) atoms. The quantitative estimate of drug-likeness (QED) is 0.771. The SMILES string of the molecule is NCCc1cn(Cc2coc(-c3cccc(F)c3)n2)nn1. The topological polar surface area (TPSA) is 82.8 Å². The molecular formula is C14H14FN5O. The first-order valence-corrected chi connectivity index (χ1v) is 6.54. The molecule has 108 valence electrons. The summed E-state index contributed by atoms with van der Waals surface area (Å²) in [6.45, 7) is 0.975. The van der Waals surface area contributed by atoms with Gasteiger partial charge in [-0.1, -0.05) is 11.3 Å². The lowest BCUT2D eigenvalue weighted by Gasteiger charge is -1.95. The van der Waals surface area contributed by atoms with Gasteiger partial charge in [-0.2, -0.15) is 0 Å². The number of hydrogen-bond donors (Lipinski definition) is 1. The van der Waals surface area contributed by atoms with Crippen molar-refractivity contribution in [3.05, 3.63) is 53.9 Å². The molecule has 0 amide bonds. The van der Waals surface area contributed by atoms with Crippen LogP contribution in [0.4, 0.5) is 4.39 Å². The number of oxazole rings is 1. The molecule has 7 heteroatoms. The molecule has 2 N–H and O–H groups in total. The molecule has 0 aliphatic carbocycles. The van der Waals surface area contributed by atoms with Crippen LogP contribution in [0.25, 0.3) is 11.5 Å². The van der Waals surface area contributed by atoms with Crippen molar-refractivity contribution >= 4 is 0 Å². The Morgan fingerprint density at radius 1 is 1.29 bits per heavy atom. The summed E-state index contributed by atoms with van der Waals surface area (Å²) in [5.41, 5.74) is 7.60. The van der Waals surface area contributed by atoms with Crippen molar-refractivity contribution in [1.82, 2.24) is 20.0 Å². The summed E-state index contributed by atoms with van der Waals surface area (Å²) in [6, 6.07) is 6.12. The molecule has 0 saturated carbocycles. The second kappa shape index (κ2) is 5.84. The monoisotopic (exact) mass is 287 g/mol. The van der Waals surface area contributed by atoms with Crippen LogP contribution in [0, 0.1) is 5.82 Å². The number of nitrogens with two attached hydrogens (primary N) is 1. The third-order valence-electron chi connectivity index (χ3n) is 2.93. The van der Waals surface area contributed by atoms with Gasteiger partial charge >= 0.3 is 0 Å². The highest BCUT2D eigenvalue weighted by molar-refractivity contribution is 5.52. The maximum atomic E-state index is 13.2. The van der Waals surface area contributed by atoms with E-state index < -0.39 is 0 Å². The molecule has 0 fully saturated rings. The van der Waals surface area contributed by atoms with E-state index in [9.17, 15) is 4.39 Å². The Kier molecular flexibility index (Phi) is 3.74. The summed E-state index contributed by atoms with van der Waals surface area (Å²) >= 11 is 0. The maximum Gasteiger partial charge on any atom is 0.226 e. The first kappa shape index (κ1) is 13.4. The minimum absolute atomic E-state index is 0.324. The van der Waals surface area contributed by atoms with E-state index in [-0.39, 0.29) is 5.82 Å². The van der Waals surface area contributed by atoms with Gasteiger partial charge in [0.05, 0.1) is 12.2 Å². The summed E-state index contributed by atoms with van der Waals surface area (Å²) < 4.78 is 20.2. The number of halogens is 1. The number of hydrogen-bond acceptors (Lipinski definition) is 5. The van der Waals surface area contributed by atoms with Gasteiger partial charge in [0.25, 0.3) is 0 Å². The van der Waals surface area contributed by atoms with Crippen molar-refractivity contribution in [3.8, 4) is 11.5 Å². The van der Waals surface area contributed by atoms with Crippen LogP contribution in [0.1, 0.15) is 11.4 Å². The van der Waals surface area contributed by atoms with Crippen LogP contribution in [0.3, 0.4) is 0 Å². The zero-order valence-electron chi connectivity index (χ0n) is 11.2. The third kappa shape index (κ3) is 3.14. The Hall–Kier alpha value is -2.54. The standard InChI is InChI=1S/C14H14FN5O/c15-11-3-1-2-10(6-11)14-17-13(9-21-14)8-20-7-12(4-5-16)18-19-20/h1-3,6-7,9H,4-5,8,16H2. The molecule has 2 aromatic heterocycles. The molecule has 0 bridgehead atoms. The van der Waals surface area contributed by atoms with Crippen molar-refractivity contribution in [2.45, 2.75) is 13.0 Å². The van der Waals surface area contributed by atoms with Crippen LogP contribution in [0.5, 0.6) is 0 Å². The highest BCUT2D eigenvalue weighted by atomic mass is 19.1. The Bertz CT molecular complexity index is 736.